The van der Waals surface area contributed by atoms with Crippen LogP contribution in [0.4, 0.5) is 4.79 Å². The quantitative estimate of drug-likeness (QED) is 0.292. The van der Waals surface area contributed by atoms with Gasteiger partial charge in [0, 0.05) is 0 Å². The lowest BCUT2D eigenvalue weighted by molar-refractivity contribution is -0.141. The molecule has 0 radical (unpaired) electrons. The first kappa shape index (κ1) is 26.2. The molecule has 33 heavy (non-hydrogen) atoms. The van der Waals surface area contributed by atoms with Crippen molar-refractivity contribution in [3.63, 3.8) is 0 Å². The van der Waals surface area contributed by atoms with Gasteiger partial charge in [-0.25, -0.2) is 9.59 Å². The first-order valence-electron chi connectivity index (χ1n) is 10.3. The van der Waals surface area contributed by atoms with Gasteiger partial charge in [-0.1, -0.05) is 30.3 Å². The summed E-state index contributed by atoms with van der Waals surface area (Å²) in [6, 6.07) is 14.9. The van der Waals surface area contributed by atoms with Gasteiger partial charge in [0.05, 0.1) is 25.1 Å². The number of alkyl halides is 1. The number of ether oxygens (including phenoxy) is 4. The molecule has 0 heterocycles. The van der Waals surface area contributed by atoms with E-state index >= 15 is 0 Å². The third kappa shape index (κ3) is 9.53. The summed E-state index contributed by atoms with van der Waals surface area (Å²) in [7, 11) is 1.26. The fraction of sp³-hybridized carbons (Fsp3) is 0.375. The Morgan fingerprint density at radius 2 is 1.64 bits per heavy atom. The van der Waals surface area contributed by atoms with Crippen molar-refractivity contribution >= 4 is 34.0 Å². The predicted molar refractivity (Wildman–Crippen MR) is 125 cm³/mol. The average Bonchev–Trinajstić information content (AvgIpc) is 2.76. The summed E-state index contributed by atoms with van der Waals surface area (Å²) in [5.74, 6) is -0.575. The van der Waals surface area contributed by atoms with E-state index in [1.54, 1.807) is 45.0 Å². The Morgan fingerprint density at radius 1 is 1.00 bits per heavy atom. The monoisotopic (exact) mass is 521 g/mol. The maximum absolute atomic E-state index is 12.3. The molecule has 0 fully saturated rings. The molecular formula is C24H28BrNO7. The Balaban J connectivity index is 1.98. The third-order valence-corrected chi connectivity index (χ3v) is 5.01. The summed E-state index contributed by atoms with van der Waals surface area (Å²) in [5.41, 5.74) is 0.553. The lowest BCUT2D eigenvalue weighted by Gasteiger charge is -2.26. The van der Waals surface area contributed by atoms with Crippen LogP contribution in [0.2, 0.25) is 0 Å². The van der Waals surface area contributed by atoms with Gasteiger partial charge in [-0.05, 0) is 66.5 Å². The van der Waals surface area contributed by atoms with Crippen molar-refractivity contribution in [1.82, 2.24) is 5.32 Å². The molecule has 2 aromatic carbocycles. The van der Waals surface area contributed by atoms with Crippen LogP contribution in [-0.2, 0) is 25.6 Å². The Bertz CT molecular complexity index is 926. The highest BCUT2D eigenvalue weighted by molar-refractivity contribution is 9.09. The minimum atomic E-state index is -0.778. The second kappa shape index (κ2) is 12.2. The fourth-order valence-electron chi connectivity index (χ4n) is 2.62. The lowest BCUT2D eigenvalue weighted by atomic mass is 10.2. The molecule has 0 bridgehead atoms. The second-order valence-electron chi connectivity index (χ2n) is 8.09. The van der Waals surface area contributed by atoms with Crippen LogP contribution in [0.3, 0.4) is 0 Å². The van der Waals surface area contributed by atoms with E-state index < -0.39 is 34.7 Å². The van der Waals surface area contributed by atoms with Gasteiger partial charge in [0.2, 0.25) is 0 Å². The smallest absolute Gasteiger partial charge is 0.408 e. The van der Waals surface area contributed by atoms with E-state index in [9.17, 15) is 14.4 Å². The van der Waals surface area contributed by atoms with Crippen LogP contribution >= 0.6 is 15.9 Å². The molecule has 0 aromatic heterocycles. The molecule has 1 N–H and O–H groups in total. The highest BCUT2D eigenvalue weighted by Crippen LogP contribution is 2.20. The number of hydrogen-bond donors (Lipinski definition) is 1. The zero-order valence-electron chi connectivity index (χ0n) is 19.0. The number of alkyl carbamates (subject to hydrolysis) is 1. The van der Waals surface area contributed by atoms with E-state index in [0.29, 0.717) is 11.3 Å². The predicted octanol–water partition coefficient (Wildman–Crippen LogP) is 4.60. The number of benzene rings is 2. The first-order valence-corrected chi connectivity index (χ1v) is 11.2. The zero-order valence-corrected chi connectivity index (χ0v) is 20.6. The molecule has 0 unspecified atom stereocenters. The number of hydrogen-bond acceptors (Lipinski definition) is 7. The number of nitrogens with one attached hydrogen (secondary N) is 1. The van der Waals surface area contributed by atoms with Gasteiger partial charge in [0.25, 0.3) is 0 Å². The van der Waals surface area contributed by atoms with Gasteiger partial charge in [-0.15, -0.1) is 0 Å². The minimum absolute atomic E-state index is 0.143. The fourth-order valence-corrected chi connectivity index (χ4v) is 3.15. The van der Waals surface area contributed by atoms with Gasteiger partial charge in [0.15, 0.2) is 5.01 Å². The van der Waals surface area contributed by atoms with Crippen LogP contribution in [0.5, 0.6) is 5.75 Å². The molecule has 2 aromatic rings. The van der Waals surface area contributed by atoms with Gasteiger partial charge in [0.1, 0.15) is 18.0 Å². The van der Waals surface area contributed by atoms with E-state index in [4.69, 9.17) is 18.9 Å². The molecule has 2 atom stereocenters. The summed E-state index contributed by atoms with van der Waals surface area (Å²) >= 11 is 3.35. The van der Waals surface area contributed by atoms with Crippen molar-refractivity contribution < 1.29 is 33.3 Å². The highest BCUT2D eigenvalue weighted by Gasteiger charge is 2.28. The summed E-state index contributed by atoms with van der Waals surface area (Å²) < 4.78 is 21.1. The lowest BCUT2D eigenvalue weighted by Crippen LogP contribution is -2.46. The van der Waals surface area contributed by atoms with Crippen molar-refractivity contribution in [2.45, 2.75) is 50.5 Å². The molecule has 2 rings (SSSR count). The first-order chi connectivity index (χ1) is 15.6. The van der Waals surface area contributed by atoms with Crippen molar-refractivity contribution in [2.75, 3.05) is 7.11 Å². The van der Waals surface area contributed by atoms with E-state index in [1.807, 2.05) is 30.3 Å². The molecular weight excluding hydrogens is 494 g/mol. The van der Waals surface area contributed by atoms with Gasteiger partial charge < -0.3 is 24.3 Å². The Morgan fingerprint density at radius 3 is 2.21 bits per heavy atom. The maximum atomic E-state index is 12.3. The Hall–Kier alpha value is -3.07. The van der Waals surface area contributed by atoms with E-state index in [1.165, 1.54) is 7.11 Å². The third-order valence-electron chi connectivity index (χ3n) is 4.18. The van der Waals surface area contributed by atoms with Crippen LogP contribution < -0.4 is 10.1 Å². The van der Waals surface area contributed by atoms with Crippen LogP contribution in [0.1, 0.15) is 43.1 Å². The van der Waals surface area contributed by atoms with Crippen molar-refractivity contribution in [1.29, 1.82) is 0 Å². The second-order valence-corrected chi connectivity index (χ2v) is 8.99. The molecule has 0 saturated carbocycles. The van der Waals surface area contributed by atoms with Crippen LogP contribution in [0.25, 0.3) is 0 Å². The molecule has 0 aliphatic heterocycles. The number of amides is 1. The van der Waals surface area contributed by atoms with Crippen molar-refractivity contribution in [3.05, 3.63) is 65.7 Å². The van der Waals surface area contributed by atoms with E-state index in [2.05, 4.69) is 21.2 Å². The molecule has 8 nitrogen and oxygen atoms in total. The summed E-state index contributed by atoms with van der Waals surface area (Å²) in [6.07, 6.45) is -0.837. The molecule has 0 aliphatic carbocycles. The Kier molecular flexibility index (Phi) is 9.72. The van der Waals surface area contributed by atoms with Crippen molar-refractivity contribution in [3.8, 4) is 5.75 Å². The number of methoxy groups -OCH3 is 1. The number of halogens is 1. The molecule has 0 aliphatic rings. The molecule has 0 spiro atoms. The molecule has 0 saturated heterocycles. The standard InChI is InChI=1S/C24H28BrNO7/c1-24(2,3)33-23(29)26-19(14-20(27)30-4)21(25)32-18-12-10-17(11-13-18)22(28)31-15-16-8-6-5-7-9-16/h5-13,19,21H,14-15H2,1-4H3,(H,26,29)/t19-,21+/m0/s1. The number of esters is 2. The van der Waals surface area contributed by atoms with Crippen molar-refractivity contribution in [2.24, 2.45) is 0 Å². The molecule has 9 heteroatoms. The normalized spacial score (nSPS) is 12.8. The van der Waals surface area contributed by atoms with Crippen LogP contribution in [0, 0.1) is 0 Å². The molecule has 1 amide bonds. The number of rotatable bonds is 9. The van der Waals surface area contributed by atoms with Crippen LogP contribution in [0.15, 0.2) is 54.6 Å². The summed E-state index contributed by atoms with van der Waals surface area (Å²) in [4.78, 5) is 36.2. The zero-order chi connectivity index (χ0) is 24.4. The summed E-state index contributed by atoms with van der Waals surface area (Å²) in [5, 5.41) is 1.83. The van der Waals surface area contributed by atoms with Crippen LogP contribution in [-0.4, -0.2) is 41.8 Å². The average molecular weight is 522 g/mol. The van der Waals surface area contributed by atoms with Gasteiger partial charge >= 0.3 is 18.0 Å². The largest absolute Gasteiger partial charge is 0.477 e. The Labute approximate surface area is 201 Å². The topological polar surface area (TPSA) is 100 Å². The highest BCUT2D eigenvalue weighted by atomic mass is 79.9. The number of carbonyl (C=O) groups is 3. The van der Waals surface area contributed by atoms with E-state index in [0.717, 1.165) is 5.56 Å². The maximum Gasteiger partial charge on any atom is 0.408 e. The molecule has 178 valence electrons. The van der Waals surface area contributed by atoms with E-state index in [-0.39, 0.29) is 13.0 Å². The van der Waals surface area contributed by atoms with Gasteiger partial charge in [-0.2, -0.15) is 0 Å². The SMILES string of the molecule is COC(=O)C[C@H](NC(=O)OC(C)(C)C)[C@H](Br)Oc1ccc(C(=O)OCc2ccccc2)cc1. The number of carbonyl (C=O) groups excluding carboxylic acids is 3. The minimum Gasteiger partial charge on any atom is -0.477 e. The van der Waals surface area contributed by atoms with Gasteiger partial charge in [-0.3, -0.25) is 4.79 Å². The summed E-state index contributed by atoms with van der Waals surface area (Å²) in [6.45, 7) is 5.37.